The Balaban J connectivity index is 2.43. The molecule has 0 saturated carbocycles. The molecule has 0 saturated heterocycles. The van der Waals surface area contributed by atoms with E-state index in [1.54, 1.807) is 6.92 Å². The minimum atomic E-state index is -1.45. The van der Waals surface area contributed by atoms with Crippen LogP contribution in [0.25, 0.3) is 0 Å². The molecular weight excluding hydrogens is 408 g/mol. The molecule has 0 fully saturated rings. The van der Waals surface area contributed by atoms with E-state index in [0.717, 1.165) is 5.56 Å². The van der Waals surface area contributed by atoms with Gasteiger partial charge in [-0.2, -0.15) is 0 Å². The molecule has 30 heavy (non-hydrogen) atoms. The number of hydrogen-bond acceptors (Lipinski definition) is 5. The van der Waals surface area contributed by atoms with Crippen molar-refractivity contribution in [3.63, 3.8) is 0 Å². The summed E-state index contributed by atoms with van der Waals surface area (Å²) >= 11 is 0. The number of nitrogens with one attached hydrogen (secondary N) is 3. The number of hydrogen-bond donors (Lipinski definition) is 5. The molecule has 4 atom stereocenters. The minimum absolute atomic E-state index is 0.0366. The van der Waals surface area contributed by atoms with Crippen LogP contribution in [-0.4, -0.2) is 52.9 Å². The van der Waals surface area contributed by atoms with Gasteiger partial charge in [-0.3, -0.25) is 14.6 Å². The molecule has 0 aliphatic carbocycles. The molecule has 0 aliphatic heterocycles. The van der Waals surface area contributed by atoms with Crippen molar-refractivity contribution in [3.05, 3.63) is 35.9 Å². The molecule has 0 radical (unpaired) electrons. The Morgan fingerprint density at radius 3 is 2.33 bits per heavy atom. The highest BCUT2D eigenvalue weighted by molar-refractivity contribution is 7.82. The fraction of sp³-hybridized carbons (Fsp3) is 0.474. The maximum absolute atomic E-state index is 12.3. The van der Waals surface area contributed by atoms with Gasteiger partial charge in [-0.15, -0.1) is 0 Å². The second kappa shape index (κ2) is 13.4. The number of aldehydes is 1. The van der Waals surface area contributed by atoms with E-state index in [9.17, 15) is 18.6 Å². The lowest BCUT2D eigenvalue weighted by Gasteiger charge is -2.20. The van der Waals surface area contributed by atoms with Crippen LogP contribution in [0, 0.1) is 0 Å². The lowest BCUT2D eigenvalue weighted by atomic mass is 10.1. The van der Waals surface area contributed by atoms with Crippen LogP contribution >= 0.6 is 0 Å². The molecule has 0 bridgehead atoms. The van der Waals surface area contributed by atoms with Crippen LogP contribution in [0.4, 0.5) is 0 Å². The second-order valence-corrected chi connectivity index (χ2v) is 7.96. The van der Waals surface area contributed by atoms with Crippen molar-refractivity contribution in [1.29, 1.82) is 0 Å². The van der Waals surface area contributed by atoms with Crippen molar-refractivity contribution in [2.45, 2.75) is 50.6 Å². The molecule has 1 aromatic rings. The Morgan fingerprint density at radius 1 is 1.10 bits per heavy atom. The van der Waals surface area contributed by atoms with E-state index < -0.39 is 40.9 Å². The molecule has 1 aromatic carbocycles. The predicted molar refractivity (Wildman–Crippen MR) is 116 cm³/mol. The van der Waals surface area contributed by atoms with Gasteiger partial charge in [0.05, 0.1) is 28.8 Å². The minimum Gasteiger partial charge on any atom is -0.370 e. The smallest absolute Gasteiger partial charge is 0.242 e. The van der Waals surface area contributed by atoms with E-state index in [1.807, 2.05) is 30.3 Å². The van der Waals surface area contributed by atoms with Crippen LogP contribution < -0.4 is 26.8 Å². The maximum atomic E-state index is 12.3. The van der Waals surface area contributed by atoms with Gasteiger partial charge in [-0.05, 0) is 32.3 Å². The first kappa shape index (κ1) is 25.2. The van der Waals surface area contributed by atoms with Crippen molar-refractivity contribution in [3.8, 4) is 0 Å². The maximum Gasteiger partial charge on any atom is 0.242 e. The van der Waals surface area contributed by atoms with Gasteiger partial charge < -0.3 is 26.9 Å². The zero-order chi connectivity index (χ0) is 22.5. The largest absolute Gasteiger partial charge is 0.370 e. The molecule has 0 spiro atoms. The Hall–Kier alpha value is -2.79. The Labute approximate surface area is 178 Å². The van der Waals surface area contributed by atoms with E-state index in [-0.39, 0.29) is 11.7 Å². The van der Waals surface area contributed by atoms with Gasteiger partial charge >= 0.3 is 0 Å². The highest BCUT2D eigenvalue weighted by Crippen LogP contribution is 2.02. The standard InChI is InChI=1S/C19H30N6O4S/c1-13(17(27)24-16(11-26)9-6-10-22-19(20)21)23-18(28)14(2)25-30(29)12-15-7-4-3-5-8-15/h3-5,7-8,11,13-14,16,25H,6,9-10,12H2,1-2H3,(H,23,28)(H,24,27)(H4,20,21,22)/t13-,14?,16?,30?/m0/s1. The zero-order valence-electron chi connectivity index (χ0n) is 17.2. The topological polar surface area (TPSA) is 169 Å². The average Bonchev–Trinajstić information content (AvgIpc) is 2.70. The van der Waals surface area contributed by atoms with Crippen molar-refractivity contribution >= 4 is 35.0 Å². The second-order valence-electron chi connectivity index (χ2n) is 6.75. The number of nitrogens with two attached hydrogens (primary N) is 2. The predicted octanol–water partition coefficient (Wildman–Crippen LogP) is -0.930. The summed E-state index contributed by atoms with van der Waals surface area (Å²) in [4.78, 5) is 39.5. The van der Waals surface area contributed by atoms with Crippen molar-refractivity contribution in [2.75, 3.05) is 6.54 Å². The van der Waals surface area contributed by atoms with Gasteiger partial charge in [-0.1, -0.05) is 30.3 Å². The summed E-state index contributed by atoms with van der Waals surface area (Å²) < 4.78 is 14.9. The lowest BCUT2D eigenvalue weighted by Crippen LogP contribution is -2.52. The van der Waals surface area contributed by atoms with Crippen LogP contribution in [0.2, 0.25) is 0 Å². The van der Waals surface area contributed by atoms with Gasteiger partial charge in [0, 0.05) is 6.54 Å². The number of guanidine groups is 1. The van der Waals surface area contributed by atoms with Crippen molar-refractivity contribution in [2.24, 2.45) is 16.5 Å². The zero-order valence-corrected chi connectivity index (χ0v) is 18.0. The Bertz CT molecular complexity index is 755. The average molecular weight is 439 g/mol. The number of aliphatic imine (C=N–C) groups is 1. The molecule has 0 aliphatic rings. The summed E-state index contributed by atoms with van der Waals surface area (Å²) in [5.41, 5.74) is 11.3. The first-order valence-corrected chi connectivity index (χ1v) is 10.8. The molecule has 3 unspecified atom stereocenters. The molecular formula is C19H30N6O4S. The third-order valence-corrected chi connectivity index (χ3v) is 5.27. The Kier molecular flexibility index (Phi) is 11.3. The molecule has 2 amide bonds. The number of benzene rings is 1. The first-order valence-electron chi connectivity index (χ1n) is 9.52. The van der Waals surface area contributed by atoms with Crippen LogP contribution in [0.3, 0.4) is 0 Å². The lowest BCUT2D eigenvalue weighted by molar-refractivity contribution is -0.130. The first-order chi connectivity index (χ1) is 14.2. The highest BCUT2D eigenvalue weighted by Gasteiger charge is 2.22. The molecule has 10 nitrogen and oxygen atoms in total. The van der Waals surface area contributed by atoms with Crippen LogP contribution in [0.5, 0.6) is 0 Å². The molecule has 0 heterocycles. The summed E-state index contributed by atoms with van der Waals surface area (Å²) in [5, 5.41) is 5.10. The van der Waals surface area contributed by atoms with Crippen LogP contribution in [0.15, 0.2) is 35.3 Å². The van der Waals surface area contributed by atoms with E-state index in [4.69, 9.17) is 11.5 Å². The van der Waals surface area contributed by atoms with Gasteiger partial charge in [0.15, 0.2) is 5.96 Å². The monoisotopic (exact) mass is 438 g/mol. The molecule has 166 valence electrons. The summed E-state index contributed by atoms with van der Waals surface area (Å²) in [6.45, 7) is 3.40. The van der Waals surface area contributed by atoms with E-state index in [2.05, 4.69) is 20.3 Å². The van der Waals surface area contributed by atoms with Crippen molar-refractivity contribution < 1.29 is 18.6 Å². The quantitative estimate of drug-likeness (QED) is 0.115. The molecule has 1 rings (SSSR count). The summed E-state index contributed by atoms with van der Waals surface area (Å²) in [5.74, 6) is -0.755. The van der Waals surface area contributed by atoms with Gasteiger partial charge in [0.25, 0.3) is 0 Å². The number of carbonyl (C=O) groups is 3. The number of rotatable bonds is 13. The third kappa shape index (κ3) is 10.1. The van der Waals surface area contributed by atoms with Gasteiger partial charge in [-0.25, -0.2) is 8.93 Å². The van der Waals surface area contributed by atoms with E-state index in [0.29, 0.717) is 25.7 Å². The summed E-state index contributed by atoms with van der Waals surface area (Å²) in [6.07, 6.45) is 1.50. The van der Waals surface area contributed by atoms with Crippen LogP contribution in [-0.2, 0) is 31.1 Å². The summed E-state index contributed by atoms with van der Waals surface area (Å²) in [7, 11) is -1.45. The SMILES string of the molecule is CC(NS(=O)Cc1ccccc1)C(=O)N[C@@H](C)C(=O)NC(C=O)CCCN=C(N)N. The number of nitrogens with zero attached hydrogens (tertiary/aromatic N) is 1. The number of carbonyl (C=O) groups excluding carboxylic acids is 3. The molecule has 0 aromatic heterocycles. The van der Waals surface area contributed by atoms with E-state index in [1.165, 1.54) is 6.92 Å². The fourth-order valence-electron chi connectivity index (χ4n) is 2.42. The highest BCUT2D eigenvalue weighted by atomic mass is 32.2. The normalized spacial score (nSPS) is 14.6. The number of amides is 2. The van der Waals surface area contributed by atoms with Gasteiger partial charge in [0.2, 0.25) is 11.8 Å². The Morgan fingerprint density at radius 2 is 1.73 bits per heavy atom. The molecule has 11 heteroatoms. The van der Waals surface area contributed by atoms with E-state index >= 15 is 0 Å². The van der Waals surface area contributed by atoms with Crippen LogP contribution in [0.1, 0.15) is 32.3 Å². The van der Waals surface area contributed by atoms with Gasteiger partial charge in [0.1, 0.15) is 12.3 Å². The summed E-state index contributed by atoms with van der Waals surface area (Å²) in [6, 6.07) is 6.89. The fourth-order valence-corrected chi connectivity index (χ4v) is 3.50. The third-order valence-electron chi connectivity index (χ3n) is 4.05. The van der Waals surface area contributed by atoms with Crippen molar-refractivity contribution in [1.82, 2.24) is 15.4 Å². The molecule has 7 N–H and O–H groups in total.